The van der Waals surface area contributed by atoms with E-state index in [1.54, 1.807) is 0 Å². The molecule has 1 aliphatic rings. The zero-order valence-electron chi connectivity index (χ0n) is 8.09. The summed E-state index contributed by atoms with van der Waals surface area (Å²) in [5.74, 6) is 0.691. The van der Waals surface area contributed by atoms with Gasteiger partial charge < -0.3 is 5.32 Å². The van der Waals surface area contributed by atoms with Gasteiger partial charge in [0.15, 0.2) is 0 Å². The summed E-state index contributed by atoms with van der Waals surface area (Å²) in [5.41, 5.74) is 2.78. The van der Waals surface area contributed by atoms with Crippen LogP contribution >= 0.6 is 0 Å². The van der Waals surface area contributed by atoms with Crippen LogP contribution in [-0.2, 0) is 0 Å². The molecule has 1 unspecified atom stereocenters. The number of hydrogen-bond donors (Lipinski definition) is 1. The maximum absolute atomic E-state index is 3.35. The first-order chi connectivity index (χ1) is 5.88. The van der Waals surface area contributed by atoms with Crippen LogP contribution in [0.15, 0.2) is 24.3 Å². The van der Waals surface area contributed by atoms with Gasteiger partial charge in [0.2, 0.25) is 0 Å². The average Bonchev–Trinajstić information content (AvgIpc) is 2.53. The van der Waals surface area contributed by atoms with E-state index in [0.717, 1.165) is 6.54 Å². The van der Waals surface area contributed by atoms with Crippen molar-refractivity contribution in [1.82, 2.24) is 0 Å². The Hall–Kier alpha value is -0.980. The molecule has 1 aromatic carbocycles. The molecule has 0 aromatic heterocycles. The van der Waals surface area contributed by atoms with Gasteiger partial charge in [0.05, 0.1) is 0 Å². The summed E-state index contributed by atoms with van der Waals surface area (Å²) in [5, 5.41) is 3.35. The Morgan fingerprint density at radius 3 is 2.46 bits per heavy atom. The number of nitrogens with one attached hydrogen (secondary N) is 1. The Bertz CT molecular complexity index is 243. The van der Waals surface area contributed by atoms with E-state index < -0.39 is 0 Å². The van der Waals surface area contributed by atoms with E-state index in [1.165, 1.54) is 11.3 Å². The second-order valence-corrected chi connectivity index (χ2v) is 2.87. The summed E-state index contributed by atoms with van der Waals surface area (Å²) >= 11 is 0. The van der Waals surface area contributed by atoms with E-state index >= 15 is 0 Å². The molecule has 0 spiro atoms. The second-order valence-electron chi connectivity index (χ2n) is 2.87. The van der Waals surface area contributed by atoms with E-state index in [2.05, 4.69) is 36.5 Å². The van der Waals surface area contributed by atoms with Gasteiger partial charge in [0, 0.05) is 18.2 Å². The van der Waals surface area contributed by atoms with Gasteiger partial charge in [0.1, 0.15) is 0 Å². The van der Waals surface area contributed by atoms with Crippen LogP contribution in [0.4, 0.5) is 5.69 Å². The summed E-state index contributed by atoms with van der Waals surface area (Å²) in [7, 11) is 0. The molecule has 1 N–H and O–H groups in total. The minimum absolute atomic E-state index is 0. The number of fused-ring (bicyclic) bond motifs is 1. The topological polar surface area (TPSA) is 12.0 Å². The van der Waals surface area contributed by atoms with Gasteiger partial charge in [-0.3, -0.25) is 0 Å². The molecule has 0 radical (unpaired) electrons. The van der Waals surface area contributed by atoms with Crippen molar-refractivity contribution in [1.29, 1.82) is 0 Å². The van der Waals surface area contributed by atoms with Gasteiger partial charge in [0.25, 0.3) is 0 Å². The van der Waals surface area contributed by atoms with Gasteiger partial charge in [-0.15, -0.1) is 0 Å². The summed E-state index contributed by atoms with van der Waals surface area (Å²) in [6.45, 7) is 7.35. The minimum atomic E-state index is 0. The van der Waals surface area contributed by atoms with Crippen molar-refractivity contribution in [2.75, 3.05) is 11.9 Å². The van der Waals surface area contributed by atoms with Crippen molar-refractivity contribution in [2.45, 2.75) is 34.1 Å². The highest BCUT2D eigenvalue weighted by Gasteiger charge is 2.15. The molecule has 74 valence electrons. The first kappa shape index (κ1) is 12.0. The van der Waals surface area contributed by atoms with E-state index in [0.29, 0.717) is 5.92 Å². The molecule has 1 aromatic rings. The van der Waals surface area contributed by atoms with Crippen LogP contribution in [0.1, 0.15) is 39.7 Å². The van der Waals surface area contributed by atoms with E-state index in [1.807, 2.05) is 13.8 Å². The van der Waals surface area contributed by atoms with Crippen molar-refractivity contribution >= 4 is 5.69 Å². The third kappa shape index (κ3) is 2.48. The highest BCUT2D eigenvalue weighted by molar-refractivity contribution is 5.57. The van der Waals surface area contributed by atoms with Crippen LogP contribution in [0.2, 0.25) is 0 Å². The molecule has 1 nitrogen and oxygen atoms in total. The highest BCUT2D eigenvalue weighted by atomic mass is 14.9. The van der Waals surface area contributed by atoms with Crippen LogP contribution in [0.25, 0.3) is 0 Å². The van der Waals surface area contributed by atoms with E-state index in [9.17, 15) is 0 Å². The van der Waals surface area contributed by atoms with Crippen LogP contribution in [0, 0.1) is 0 Å². The van der Waals surface area contributed by atoms with Gasteiger partial charge in [-0.25, -0.2) is 0 Å². The molecule has 1 heteroatoms. The van der Waals surface area contributed by atoms with Gasteiger partial charge in [-0.1, -0.05) is 46.4 Å². The normalized spacial score (nSPS) is 17.3. The maximum atomic E-state index is 3.35. The first-order valence-electron chi connectivity index (χ1n) is 4.71. The van der Waals surface area contributed by atoms with Crippen molar-refractivity contribution < 1.29 is 0 Å². The second kappa shape index (κ2) is 5.63. The van der Waals surface area contributed by atoms with Crippen molar-refractivity contribution in [3.63, 3.8) is 0 Å². The standard InChI is InChI=1S/C9H11N.C2H6.CH4/c1-7-6-10-9-5-3-2-4-8(7)9;1-2;/h2-5,7,10H,6H2,1H3;1-2H3;1H4. The zero-order valence-corrected chi connectivity index (χ0v) is 8.09. The monoisotopic (exact) mass is 179 g/mol. The number of benzene rings is 1. The molecule has 0 fully saturated rings. The molecule has 1 atom stereocenters. The third-order valence-corrected chi connectivity index (χ3v) is 2.09. The van der Waals surface area contributed by atoms with Crippen molar-refractivity contribution in [3.8, 4) is 0 Å². The molecule has 0 bridgehead atoms. The summed E-state index contributed by atoms with van der Waals surface area (Å²) < 4.78 is 0. The molecule has 0 saturated carbocycles. The maximum Gasteiger partial charge on any atom is 0.0376 e. The van der Waals surface area contributed by atoms with Crippen LogP contribution in [0.3, 0.4) is 0 Å². The molecular formula is C12H21N. The number of para-hydroxylation sites is 1. The number of anilines is 1. The first-order valence-corrected chi connectivity index (χ1v) is 4.71. The molecule has 0 saturated heterocycles. The molecule has 0 aliphatic carbocycles. The van der Waals surface area contributed by atoms with E-state index in [-0.39, 0.29) is 7.43 Å². The Kier molecular flexibility index (Phi) is 5.20. The Balaban J connectivity index is 0.000000451. The van der Waals surface area contributed by atoms with Gasteiger partial charge in [-0.05, 0) is 11.6 Å². The minimum Gasteiger partial charge on any atom is -0.384 e. The lowest BCUT2D eigenvalue weighted by Crippen LogP contribution is -1.95. The molecule has 0 amide bonds. The summed E-state index contributed by atoms with van der Waals surface area (Å²) in [6.07, 6.45) is 0. The lowest BCUT2D eigenvalue weighted by atomic mass is 10.0. The lowest BCUT2D eigenvalue weighted by molar-refractivity contribution is 0.854. The van der Waals surface area contributed by atoms with Crippen LogP contribution < -0.4 is 5.32 Å². The smallest absolute Gasteiger partial charge is 0.0376 e. The van der Waals surface area contributed by atoms with Crippen molar-refractivity contribution in [2.24, 2.45) is 0 Å². The molecular weight excluding hydrogens is 158 g/mol. The fourth-order valence-corrected chi connectivity index (χ4v) is 1.46. The van der Waals surface area contributed by atoms with Gasteiger partial charge >= 0.3 is 0 Å². The van der Waals surface area contributed by atoms with E-state index in [4.69, 9.17) is 0 Å². The fraction of sp³-hybridized carbons (Fsp3) is 0.500. The SMILES string of the molecule is C.CC.CC1CNc2ccccc21. The predicted molar refractivity (Wildman–Crippen MR) is 61.4 cm³/mol. The summed E-state index contributed by atoms with van der Waals surface area (Å²) in [4.78, 5) is 0. The molecule has 1 heterocycles. The highest BCUT2D eigenvalue weighted by Crippen LogP contribution is 2.29. The zero-order chi connectivity index (χ0) is 8.97. The third-order valence-electron chi connectivity index (χ3n) is 2.09. The molecule has 1 aliphatic heterocycles. The average molecular weight is 179 g/mol. The van der Waals surface area contributed by atoms with Crippen LogP contribution in [0.5, 0.6) is 0 Å². The van der Waals surface area contributed by atoms with Gasteiger partial charge in [-0.2, -0.15) is 0 Å². The fourth-order valence-electron chi connectivity index (χ4n) is 1.46. The van der Waals surface area contributed by atoms with Crippen molar-refractivity contribution in [3.05, 3.63) is 29.8 Å². The summed E-state index contributed by atoms with van der Waals surface area (Å²) in [6, 6.07) is 8.50. The Morgan fingerprint density at radius 1 is 1.23 bits per heavy atom. The van der Waals surface area contributed by atoms with Crippen LogP contribution in [-0.4, -0.2) is 6.54 Å². The largest absolute Gasteiger partial charge is 0.384 e. The quantitative estimate of drug-likeness (QED) is 0.637. The molecule has 13 heavy (non-hydrogen) atoms. The predicted octanol–water partition coefficient (Wildman–Crippen LogP) is 3.88. The number of rotatable bonds is 0. The Labute approximate surface area is 82.2 Å². The number of hydrogen-bond acceptors (Lipinski definition) is 1. The molecule has 2 rings (SSSR count). The Morgan fingerprint density at radius 2 is 1.85 bits per heavy atom. The lowest BCUT2D eigenvalue weighted by Gasteiger charge is -1.98.